The molecule has 16 heavy (non-hydrogen) atoms. The maximum atomic E-state index is 11.1. The van der Waals surface area contributed by atoms with Crippen molar-refractivity contribution in [3.8, 4) is 0 Å². The van der Waals surface area contributed by atoms with Gasteiger partial charge in [0.15, 0.2) is 0 Å². The second-order valence-corrected chi connectivity index (χ2v) is 3.99. The van der Waals surface area contributed by atoms with Crippen LogP contribution in [-0.4, -0.2) is 15.6 Å². The molecule has 0 amide bonds. The van der Waals surface area contributed by atoms with Gasteiger partial charge in [0.25, 0.3) is 0 Å². The van der Waals surface area contributed by atoms with Crippen LogP contribution in [0.5, 0.6) is 0 Å². The summed E-state index contributed by atoms with van der Waals surface area (Å²) in [6.07, 6.45) is 0.611. The number of para-hydroxylation sites is 1. The number of rotatable bonds is 3. The molecule has 0 aliphatic heterocycles. The minimum Gasteiger partial charge on any atom is -0.481 e. The highest BCUT2D eigenvalue weighted by atomic mass is 16.4. The van der Waals surface area contributed by atoms with E-state index in [1.807, 2.05) is 48.9 Å². The first-order valence-corrected chi connectivity index (χ1v) is 5.42. The molecule has 0 spiro atoms. The average molecular weight is 217 g/mol. The Bertz CT molecular complexity index is 528. The summed E-state index contributed by atoms with van der Waals surface area (Å²) in [7, 11) is 1.92. The molecule has 0 bridgehead atoms. The van der Waals surface area contributed by atoms with E-state index in [1.54, 1.807) is 0 Å². The van der Waals surface area contributed by atoms with Crippen LogP contribution in [0.2, 0.25) is 0 Å². The number of benzene rings is 1. The third-order valence-electron chi connectivity index (χ3n) is 3.05. The van der Waals surface area contributed by atoms with E-state index in [4.69, 9.17) is 5.11 Å². The molecule has 0 saturated carbocycles. The topological polar surface area (TPSA) is 42.2 Å². The number of hydrogen-bond acceptors (Lipinski definition) is 1. The van der Waals surface area contributed by atoms with Crippen molar-refractivity contribution in [3.05, 3.63) is 36.0 Å². The van der Waals surface area contributed by atoms with Crippen molar-refractivity contribution in [2.45, 2.75) is 19.3 Å². The lowest BCUT2D eigenvalue weighted by Crippen LogP contribution is -2.13. The molecule has 1 heterocycles. The van der Waals surface area contributed by atoms with E-state index in [9.17, 15) is 4.79 Å². The minimum atomic E-state index is -0.756. The maximum Gasteiger partial charge on any atom is 0.312 e. The van der Waals surface area contributed by atoms with Gasteiger partial charge in [-0.05, 0) is 23.9 Å². The molecule has 84 valence electrons. The summed E-state index contributed by atoms with van der Waals surface area (Å²) in [6.45, 7) is 1.90. The van der Waals surface area contributed by atoms with Crippen LogP contribution < -0.4 is 0 Å². The first-order chi connectivity index (χ1) is 7.65. The van der Waals surface area contributed by atoms with E-state index in [-0.39, 0.29) is 0 Å². The van der Waals surface area contributed by atoms with Gasteiger partial charge < -0.3 is 9.67 Å². The van der Waals surface area contributed by atoms with Crippen molar-refractivity contribution in [2.24, 2.45) is 7.05 Å². The predicted octanol–water partition coefficient (Wildman–Crippen LogP) is 2.76. The number of fused-ring (bicyclic) bond motifs is 1. The van der Waals surface area contributed by atoms with Gasteiger partial charge in [-0.3, -0.25) is 4.79 Å². The number of hydrogen-bond donors (Lipinski definition) is 1. The molecular formula is C13H15NO2. The first kappa shape index (κ1) is 10.7. The molecule has 2 aromatic rings. The molecule has 0 fully saturated rings. The molecule has 2 rings (SSSR count). The molecule has 3 heteroatoms. The second-order valence-electron chi connectivity index (χ2n) is 3.99. The molecule has 1 N–H and O–H groups in total. The lowest BCUT2D eigenvalue weighted by molar-refractivity contribution is -0.139. The van der Waals surface area contributed by atoms with Crippen LogP contribution in [0.15, 0.2) is 30.3 Å². The molecular weight excluding hydrogens is 202 g/mol. The van der Waals surface area contributed by atoms with Crippen molar-refractivity contribution in [3.63, 3.8) is 0 Å². The minimum absolute atomic E-state index is 0.419. The Hall–Kier alpha value is -1.77. The highest BCUT2D eigenvalue weighted by Crippen LogP contribution is 2.26. The average Bonchev–Trinajstić information content (AvgIpc) is 2.58. The summed E-state index contributed by atoms with van der Waals surface area (Å²) in [5.74, 6) is -1.18. The monoisotopic (exact) mass is 217 g/mol. The fourth-order valence-electron chi connectivity index (χ4n) is 2.15. The number of carboxylic acids is 1. The maximum absolute atomic E-state index is 11.1. The van der Waals surface area contributed by atoms with Crippen molar-refractivity contribution >= 4 is 16.9 Å². The van der Waals surface area contributed by atoms with Crippen LogP contribution in [0.4, 0.5) is 0 Å². The van der Waals surface area contributed by atoms with E-state index in [1.165, 1.54) is 0 Å². The van der Waals surface area contributed by atoms with Crippen molar-refractivity contribution in [2.75, 3.05) is 0 Å². The van der Waals surface area contributed by atoms with Gasteiger partial charge in [-0.25, -0.2) is 0 Å². The van der Waals surface area contributed by atoms with Gasteiger partial charge in [0.2, 0.25) is 0 Å². The Labute approximate surface area is 94.3 Å². The molecule has 0 aliphatic rings. The zero-order chi connectivity index (χ0) is 11.7. The SMILES string of the molecule is CCC(C(=O)O)c1cc2ccccc2n1C. The van der Waals surface area contributed by atoms with Crippen LogP contribution >= 0.6 is 0 Å². The van der Waals surface area contributed by atoms with Gasteiger partial charge in [0.1, 0.15) is 0 Å². The second kappa shape index (κ2) is 4.00. The smallest absolute Gasteiger partial charge is 0.312 e. The molecule has 1 aromatic carbocycles. The number of carbonyl (C=O) groups is 1. The Morgan fingerprint density at radius 1 is 1.44 bits per heavy atom. The quantitative estimate of drug-likeness (QED) is 0.859. The van der Waals surface area contributed by atoms with Gasteiger partial charge in [0, 0.05) is 18.3 Å². The molecule has 0 saturated heterocycles. The summed E-state index contributed by atoms with van der Waals surface area (Å²) in [5, 5.41) is 10.3. The molecule has 0 aliphatic carbocycles. The lowest BCUT2D eigenvalue weighted by Gasteiger charge is -2.11. The number of nitrogens with zero attached hydrogens (tertiary/aromatic N) is 1. The van der Waals surface area contributed by atoms with Crippen LogP contribution in [0.3, 0.4) is 0 Å². The number of aromatic nitrogens is 1. The fraction of sp³-hybridized carbons (Fsp3) is 0.308. The van der Waals surface area contributed by atoms with Gasteiger partial charge in [-0.2, -0.15) is 0 Å². The molecule has 0 radical (unpaired) electrons. The predicted molar refractivity (Wildman–Crippen MR) is 63.6 cm³/mol. The van der Waals surface area contributed by atoms with Gasteiger partial charge in [-0.15, -0.1) is 0 Å². The van der Waals surface area contributed by atoms with Crippen LogP contribution in [0.1, 0.15) is 25.0 Å². The summed E-state index contributed by atoms with van der Waals surface area (Å²) in [4.78, 5) is 11.1. The molecule has 1 aromatic heterocycles. The van der Waals surface area contributed by atoms with Crippen molar-refractivity contribution < 1.29 is 9.90 Å². The molecule has 1 unspecified atom stereocenters. The van der Waals surface area contributed by atoms with Gasteiger partial charge >= 0.3 is 5.97 Å². The number of aryl methyl sites for hydroxylation is 1. The zero-order valence-electron chi connectivity index (χ0n) is 9.47. The van der Waals surface area contributed by atoms with Crippen molar-refractivity contribution in [1.29, 1.82) is 0 Å². The van der Waals surface area contributed by atoms with E-state index in [2.05, 4.69) is 0 Å². The fourth-order valence-corrected chi connectivity index (χ4v) is 2.15. The van der Waals surface area contributed by atoms with Crippen LogP contribution in [0, 0.1) is 0 Å². The summed E-state index contributed by atoms with van der Waals surface area (Å²) in [6, 6.07) is 9.92. The third-order valence-corrected chi connectivity index (χ3v) is 3.05. The third kappa shape index (κ3) is 1.58. The van der Waals surface area contributed by atoms with E-state index >= 15 is 0 Å². The normalized spacial score (nSPS) is 12.9. The largest absolute Gasteiger partial charge is 0.481 e. The Morgan fingerprint density at radius 3 is 2.69 bits per heavy atom. The summed E-state index contributed by atoms with van der Waals surface area (Å²) < 4.78 is 1.97. The van der Waals surface area contributed by atoms with Crippen LogP contribution in [-0.2, 0) is 11.8 Å². The van der Waals surface area contributed by atoms with Crippen molar-refractivity contribution in [1.82, 2.24) is 4.57 Å². The summed E-state index contributed by atoms with van der Waals surface area (Å²) in [5.41, 5.74) is 1.95. The molecule has 3 nitrogen and oxygen atoms in total. The summed E-state index contributed by atoms with van der Waals surface area (Å²) >= 11 is 0. The highest BCUT2D eigenvalue weighted by molar-refractivity contribution is 5.84. The number of carboxylic acid groups (broad SMARTS) is 1. The van der Waals surface area contributed by atoms with E-state index in [0.717, 1.165) is 16.6 Å². The van der Waals surface area contributed by atoms with E-state index < -0.39 is 11.9 Å². The number of aliphatic carboxylic acids is 1. The van der Waals surface area contributed by atoms with E-state index in [0.29, 0.717) is 6.42 Å². The molecule has 1 atom stereocenters. The van der Waals surface area contributed by atoms with Gasteiger partial charge in [-0.1, -0.05) is 25.1 Å². The zero-order valence-corrected chi connectivity index (χ0v) is 9.47. The highest BCUT2D eigenvalue weighted by Gasteiger charge is 2.21. The van der Waals surface area contributed by atoms with Gasteiger partial charge in [0.05, 0.1) is 5.92 Å². The Balaban J connectivity index is 2.60. The Kier molecular flexibility index (Phi) is 2.69. The standard InChI is InChI=1S/C13H15NO2/c1-3-10(13(15)16)12-8-9-6-4-5-7-11(9)14(12)2/h4-8,10H,3H2,1-2H3,(H,15,16). The lowest BCUT2D eigenvalue weighted by atomic mass is 10.0. The first-order valence-electron chi connectivity index (χ1n) is 5.42. The Morgan fingerprint density at radius 2 is 2.12 bits per heavy atom. The van der Waals surface area contributed by atoms with Crippen LogP contribution in [0.25, 0.3) is 10.9 Å².